The standard InChI is InChI=1S/C16H23ClN2O3S/c1-13(2)11-16(20)18-7-9-19(10-8-18)23(21,22)12-14-5-3-4-6-15(14)17/h3-6,13H,7-12H2,1-2H3. The molecule has 1 amide bonds. The average molecular weight is 359 g/mol. The van der Waals surface area contributed by atoms with Crippen molar-refractivity contribution in [1.29, 1.82) is 0 Å². The Bertz CT molecular complexity index is 653. The van der Waals surface area contributed by atoms with Crippen LogP contribution in [0.25, 0.3) is 0 Å². The number of hydrogen-bond donors (Lipinski definition) is 0. The molecule has 1 fully saturated rings. The summed E-state index contributed by atoms with van der Waals surface area (Å²) in [5.74, 6) is 0.305. The first-order valence-corrected chi connectivity index (χ1v) is 9.77. The summed E-state index contributed by atoms with van der Waals surface area (Å²) in [7, 11) is -3.42. The van der Waals surface area contributed by atoms with Gasteiger partial charge < -0.3 is 4.90 Å². The molecule has 1 heterocycles. The highest BCUT2D eigenvalue weighted by atomic mass is 35.5. The average Bonchev–Trinajstić information content (AvgIpc) is 2.49. The Kier molecular flexibility index (Phi) is 6.06. The predicted octanol–water partition coefficient (Wildman–Crippen LogP) is 2.36. The monoisotopic (exact) mass is 358 g/mol. The Labute approximate surface area is 143 Å². The number of carbonyl (C=O) groups is 1. The molecule has 2 rings (SSSR count). The first kappa shape index (κ1) is 18.2. The Morgan fingerprint density at radius 2 is 1.78 bits per heavy atom. The summed E-state index contributed by atoms with van der Waals surface area (Å²) in [6.07, 6.45) is 0.506. The van der Waals surface area contributed by atoms with E-state index >= 15 is 0 Å². The Balaban J connectivity index is 1.96. The summed E-state index contributed by atoms with van der Waals surface area (Å²) >= 11 is 6.05. The zero-order chi connectivity index (χ0) is 17.0. The van der Waals surface area contributed by atoms with Crippen LogP contribution in [0, 0.1) is 5.92 Å². The van der Waals surface area contributed by atoms with E-state index in [1.54, 1.807) is 29.2 Å². The van der Waals surface area contributed by atoms with Crippen LogP contribution in [0.1, 0.15) is 25.8 Å². The van der Waals surface area contributed by atoms with Crippen LogP contribution in [-0.4, -0.2) is 49.7 Å². The van der Waals surface area contributed by atoms with E-state index in [9.17, 15) is 13.2 Å². The number of carbonyl (C=O) groups excluding carboxylic acids is 1. The van der Waals surface area contributed by atoms with Crippen LogP contribution in [0.4, 0.5) is 0 Å². The van der Waals surface area contributed by atoms with E-state index < -0.39 is 10.0 Å². The third-order valence-electron chi connectivity index (χ3n) is 3.86. The molecule has 1 aliphatic rings. The van der Waals surface area contributed by atoms with Gasteiger partial charge in [-0.15, -0.1) is 0 Å². The molecule has 0 atom stereocenters. The number of piperazine rings is 1. The molecule has 1 saturated heterocycles. The third-order valence-corrected chi connectivity index (χ3v) is 6.06. The van der Waals surface area contributed by atoms with E-state index in [1.165, 1.54) is 4.31 Å². The third kappa shape index (κ3) is 4.93. The van der Waals surface area contributed by atoms with E-state index in [4.69, 9.17) is 11.6 Å². The highest BCUT2D eigenvalue weighted by molar-refractivity contribution is 7.88. The quantitative estimate of drug-likeness (QED) is 0.811. The molecule has 0 unspecified atom stereocenters. The lowest BCUT2D eigenvalue weighted by Gasteiger charge is -2.34. The molecule has 7 heteroatoms. The van der Waals surface area contributed by atoms with E-state index in [-0.39, 0.29) is 11.7 Å². The van der Waals surface area contributed by atoms with Gasteiger partial charge in [0.05, 0.1) is 5.75 Å². The van der Waals surface area contributed by atoms with Crippen molar-refractivity contribution in [3.63, 3.8) is 0 Å². The lowest BCUT2D eigenvalue weighted by Crippen LogP contribution is -2.50. The zero-order valence-corrected chi connectivity index (χ0v) is 15.1. The smallest absolute Gasteiger partial charge is 0.222 e. The second kappa shape index (κ2) is 7.64. The highest BCUT2D eigenvalue weighted by Crippen LogP contribution is 2.20. The molecule has 0 N–H and O–H groups in total. The minimum atomic E-state index is -3.42. The second-order valence-corrected chi connectivity index (χ2v) is 8.60. The van der Waals surface area contributed by atoms with Gasteiger partial charge in [-0.1, -0.05) is 43.6 Å². The second-order valence-electron chi connectivity index (χ2n) is 6.23. The van der Waals surface area contributed by atoms with E-state index in [2.05, 4.69) is 0 Å². The maximum Gasteiger partial charge on any atom is 0.222 e. The molecule has 5 nitrogen and oxygen atoms in total. The largest absolute Gasteiger partial charge is 0.340 e. The van der Waals surface area contributed by atoms with Crippen molar-refractivity contribution < 1.29 is 13.2 Å². The van der Waals surface area contributed by atoms with Gasteiger partial charge in [-0.3, -0.25) is 4.79 Å². The van der Waals surface area contributed by atoms with Gasteiger partial charge in [0, 0.05) is 37.6 Å². The van der Waals surface area contributed by atoms with Gasteiger partial charge in [-0.05, 0) is 17.5 Å². The van der Waals surface area contributed by atoms with Gasteiger partial charge >= 0.3 is 0 Å². The van der Waals surface area contributed by atoms with Crippen molar-refractivity contribution in [3.8, 4) is 0 Å². The summed E-state index contributed by atoms with van der Waals surface area (Å²) < 4.78 is 26.5. The van der Waals surface area contributed by atoms with Gasteiger partial charge in [0.2, 0.25) is 15.9 Å². The minimum Gasteiger partial charge on any atom is -0.340 e. The Morgan fingerprint density at radius 3 is 2.35 bits per heavy atom. The van der Waals surface area contributed by atoms with Crippen molar-refractivity contribution in [2.75, 3.05) is 26.2 Å². The first-order valence-electron chi connectivity index (χ1n) is 7.78. The number of amides is 1. The zero-order valence-electron chi connectivity index (χ0n) is 13.5. The number of halogens is 1. The van der Waals surface area contributed by atoms with Gasteiger partial charge in [-0.2, -0.15) is 4.31 Å². The van der Waals surface area contributed by atoms with Crippen LogP contribution in [0.5, 0.6) is 0 Å². The highest BCUT2D eigenvalue weighted by Gasteiger charge is 2.29. The maximum absolute atomic E-state index is 12.5. The van der Waals surface area contributed by atoms with Gasteiger partial charge in [0.15, 0.2) is 0 Å². The molecule has 0 radical (unpaired) electrons. The molecule has 23 heavy (non-hydrogen) atoms. The van der Waals surface area contributed by atoms with Crippen molar-refractivity contribution in [1.82, 2.24) is 9.21 Å². The molecule has 0 spiro atoms. The number of hydrogen-bond acceptors (Lipinski definition) is 3. The van der Waals surface area contributed by atoms with Crippen molar-refractivity contribution in [2.45, 2.75) is 26.0 Å². The summed E-state index contributed by atoms with van der Waals surface area (Å²) in [5, 5.41) is 0.460. The number of benzene rings is 1. The normalized spacial score (nSPS) is 16.8. The summed E-state index contributed by atoms with van der Waals surface area (Å²) in [6.45, 7) is 5.60. The first-order chi connectivity index (χ1) is 10.8. The van der Waals surface area contributed by atoms with Crippen molar-refractivity contribution >= 4 is 27.5 Å². The van der Waals surface area contributed by atoms with E-state index in [1.807, 2.05) is 13.8 Å². The Hall–Kier alpha value is -1.11. The van der Waals surface area contributed by atoms with Gasteiger partial charge in [0.25, 0.3) is 0 Å². The van der Waals surface area contributed by atoms with E-state index in [0.29, 0.717) is 49.1 Å². The van der Waals surface area contributed by atoms with Crippen molar-refractivity contribution in [2.24, 2.45) is 5.92 Å². The summed E-state index contributed by atoms with van der Waals surface area (Å²) in [5.41, 5.74) is 0.604. The lowest BCUT2D eigenvalue weighted by molar-refractivity contribution is -0.133. The van der Waals surface area contributed by atoms with Crippen LogP contribution in [0.2, 0.25) is 5.02 Å². The topological polar surface area (TPSA) is 57.7 Å². The van der Waals surface area contributed by atoms with E-state index in [0.717, 1.165) is 0 Å². The molecule has 1 aromatic carbocycles. The minimum absolute atomic E-state index is 0.100. The SMILES string of the molecule is CC(C)CC(=O)N1CCN(S(=O)(=O)Cc2ccccc2Cl)CC1. The van der Waals surface area contributed by atoms with Crippen molar-refractivity contribution in [3.05, 3.63) is 34.9 Å². The van der Waals surface area contributed by atoms with Crippen LogP contribution in [-0.2, 0) is 20.6 Å². The van der Waals surface area contributed by atoms with Crippen LogP contribution in [0.15, 0.2) is 24.3 Å². The molecule has 0 aliphatic carbocycles. The Morgan fingerprint density at radius 1 is 1.17 bits per heavy atom. The number of rotatable bonds is 5. The molecular formula is C16H23ClN2O3S. The molecule has 0 aromatic heterocycles. The molecule has 0 bridgehead atoms. The molecule has 1 aliphatic heterocycles. The molecule has 0 saturated carbocycles. The van der Waals surface area contributed by atoms with Gasteiger partial charge in [-0.25, -0.2) is 8.42 Å². The summed E-state index contributed by atoms with van der Waals surface area (Å²) in [6, 6.07) is 6.97. The molecule has 1 aromatic rings. The molecular weight excluding hydrogens is 336 g/mol. The predicted molar refractivity (Wildman–Crippen MR) is 91.7 cm³/mol. The number of sulfonamides is 1. The maximum atomic E-state index is 12.5. The van der Waals surface area contributed by atoms with Crippen LogP contribution >= 0.6 is 11.6 Å². The lowest BCUT2D eigenvalue weighted by atomic mass is 10.1. The number of nitrogens with zero attached hydrogens (tertiary/aromatic N) is 2. The van der Waals surface area contributed by atoms with Gasteiger partial charge in [0.1, 0.15) is 0 Å². The summed E-state index contributed by atoms with van der Waals surface area (Å²) in [4.78, 5) is 13.8. The molecule has 128 valence electrons. The fourth-order valence-corrected chi connectivity index (χ4v) is 4.43. The fraction of sp³-hybridized carbons (Fsp3) is 0.562. The van der Waals surface area contributed by atoms with Crippen LogP contribution < -0.4 is 0 Å². The fourth-order valence-electron chi connectivity index (χ4n) is 2.60. The van der Waals surface area contributed by atoms with Crippen LogP contribution in [0.3, 0.4) is 0 Å².